The Bertz CT molecular complexity index is 439. The first-order chi connectivity index (χ1) is 8.88. The summed E-state index contributed by atoms with van der Waals surface area (Å²) in [6.07, 6.45) is -0.612. The molecule has 2 atom stereocenters. The van der Waals surface area contributed by atoms with Crippen molar-refractivity contribution in [2.24, 2.45) is 5.92 Å². The molecule has 0 aliphatic rings. The quantitative estimate of drug-likeness (QED) is 0.493. The minimum atomic E-state index is -1.67. The molecule has 19 heavy (non-hydrogen) atoms. The normalized spacial score (nSPS) is 14.0. The Labute approximate surface area is 106 Å². The molecule has 0 saturated carbocycles. The number of aliphatic hydroxyl groups is 1. The van der Waals surface area contributed by atoms with E-state index in [1.54, 1.807) is 0 Å². The van der Waals surface area contributed by atoms with Crippen molar-refractivity contribution in [2.75, 3.05) is 6.61 Å². The minimum Gasteiger partial charge on any atom is -0.485 e. The zero-order valence-corrected chi connectivity index (χ0v) is 10.00. The molecule has 0 spiro atoms. The van der Waals surface area contributed by atoms with Crippen molar-refractivity contribution in [3.8, 4) is 5.75 Å². The van der Waals surface area contributed by atoms with Gasteiger partial charge in [0.25, 0.3) is 0 Å². The van der Waals surface area contributed by atoms with Gasteiger partial charge >= 0.3 is 0 Å². The van der Waals surface area contributed by atoms with Crippen molar-refractivity contribution in [2.45, 2.75) is 19.4 Å². The summed E-state index contributed by atoms with van der Waals surface area (Å²) >= 11 is 0. The molecule has 0 aliphatic carbocycles. The number of aldehydes is 1. The van der Waals surface area contributed by atoms with Crippen LogP contribution < -0.4 is 4.74 Å². The SMILES string of the molecule is C[C@@H](CC=O)C(O)COc1c(F)c(F)cc(F)c1F. The van der Waals surface area contributed by atoms with Gasteiger partial charge in [0.1, 0.15) is 12.9 Å². The van der Waals surface area contributed by atoms with Crippen molar-refractivity contribution in [1.82, 2.24) is 0 Å². The third-order valence-electron chi connectivity index (χ3n) is 2.59. The van der Waals surface area contributed by atoms with Gasteiger partial charge in [0.2, 0.25) is 11.6 Å². The van der Waals surface area contributed by atoms with Crippen LogP contribution in [0.4, 0.5) is 17.6 Å². The van der Waals surface area contributed by atoms with E-state index in [4.69, 9.17) is 0 Å². The van der Waals surface area contributed by atoms with Gasteiger partial charge in [-0.2, -0.15) is 8.78 Å². The zero-order chi connectivity index (χ0) is 14.6. The Kier molecular flexibility index (Phi) is 5.29. The summed E-state index contributed by atoms with van der Waals surface area (Å²) in [6, 6.07) is 0.0585. The minimum absolute atomic E-state index is 0.0208. The van der Waals surface area contributed by atoms with Crippen LogP contribution in [0, 0.1) is 29.2 Å². The van der Waals surface area contributed by atoms with Gasteiger partial charge in [-0.15, -0.1) is 0 Å². The smallest absolute Gasteiger partial charge is 0.203 e. The molecule has 0 fully saturated rings. The molecule has 1 aromatic carbocycles. The number of ether oxygens (including phenoxy) is 1. The molecule has 1 aromatic rings. The molecule has 0 aromatic heterocycles. The zero-order valence-electron chi connectivity index (χ0n) is 10.00. The second-order valence-electron chi connectivity index (χ2n) is 4.06. The highest BCUT2D eigenvalue weighted by atomic mass is 19.2. The van der Waals surface area contributed by atoms with Gasteiger partial charge in [-0.1, -0.05) is 6.92 Å². The molecule has 0 radical (unpaired) electrons. The van der Waals surface area contributed by atoms with Gasteiger partial charge in [-0.05, 0) is 5.92 Å². The molecule has 0 aliphatic heterocycles. The summed E-state index contributed by atoms with van der Waals surface area (Å²) in [4.78, 5) is 10.2. The number of rotatable bonds is 6. The van der Waals surface area contributed by atoms with Crippen LogP contribution in [0.15, 0.2) is 6.07 Å². The van der Waals surface area contributed by atoms with E-state index < -0.39 is 47.6 Å². The molecular weight excluding hydrogens is 268 g/mol. The van der Waals surface area contributed by atoms with Gasteiger partial charge in [0.15, 0.2) is 17.4 Å². The number of hydrogen-bond donors (Lipinski definition) is 1. The van der Waals surface area contributed by atoms with E-state index in [-0.39, 0.29) is 12.5 Å². The highest BCUT2D eigenvalue weighted by Gasteiger charge is 2.22. The van der Waals surface area contributed by atoms with E-state index in [1.807, 2.05) is 0 Å². The number of aliphatic hydroxyl groups excluding tert-OH is 1. The van der Waals surface area contributed by atoms with E-state index >= 15 is 0 Å². The molecule has 0 bridgehead atoms. The maximum Gasteiger partial charge on any atom is 0.203 e. The fourth-order valence-corrected chi connectivity index (χ4v) is 1.32. The van der Waals surface area contributed by atoms with Gasteiger partial charge < -0.3 is 14.6 Å². The van der Waals surface area contributed by atoms with E-state index in [0.29, 0.717) is 6.29 Å². The molecule has 0 amide bonds. The van der Waals surface area contributed by atoms with Crippen LogP contribution >= 0.6 is 0 Å². The van der Waals surface area contributed by atoms with E-state index in [2.05, 4.69) is 4.74 Å². The Morgan fingerprint density at radius 1 is 1.26 bits per heavy atom. The molecule has 3 nitrogen and oxygen atoms in total. The molecule has 106 valence electrons. The predicted octanol–water partition coefficient (Wildman–Crippen LogP) is 2.21. The van der Waals surface area contributed by atoms with Crippen LogP contribution in [-0.4, -0.2) is 24.1 Å². The Morgan fingerprint density at radius 3 is 2.26 bits per heavy atom. The summed E-state index contributed by atoms with van der Waals surface area (Å²) in [5.74, 6) is -8.27. The lowest BCUT2D eigenvalue weighted by Crippen LogP contribution is -2.26. The highest BCUT2D eigenvalue weighted by Crippen LogP contribution is 2.26. The summed E-state index contributed by atoms with van der Waals surface area (Å²) < 4.78 is 56.7. The number of benzene rings is 1. The van der Waals surface area contributed by atoms with Crippen molar-refractivity contribution < 1.29 is 32.2 Å². The molecular formula is C12H12F4O3. The monoisotopic (exact) mass is 280 g/mol. The van der Waals surface area contributed by atoms with E-state index in [0.717, 1.165) is 0 Å². The number of hydrogen-bond acceptors (Lipinski definition) is 3. The number of halogens is 4. The van der Waals surface area contributed by atoms with Gasteiger partial charge in [-0.25, -0.2) is 8.78 Å². The number of carbonyl (C=O) groups excluding carboxylic acids is 1. The molecule has 1 rings (SSSR count). The van der Waals surface area contributed by atoms with Crippen molar-refractivity contribution in [3.05, 3.63) is 29.3 Å². The molecule has 0 saturated heterocycles. The molecule has 7 heteroatoms. The summed E-state index contributed by atoms with van der Waals surface area (Å²) in [5, 5.41) is 9.51. The Balaban J connectivity index is 2.81. The standard InChI is InChI=1S/C12H12F4O3/c1-6(2-3-17)9(18)5-19-12-10(15)7(13)4-8(14)11(12)16/h3-4,6,9,18H,2,5H2,1H3/t6-,9?/m0/s1. The third-order valence-corrected chi connectivity index (χ3v) is 2.59. The number of carbonyl (C=O) groups is 1. The summed E-state index contributed by atoms with van der Waals surface area (Å²) in [6.45, 7) is 0.924. The second-order valence-corrected chi connectivity index (χ2v) is 4.06. The Hall–Kier alpha value is -1.63. The maximum absolute atomic E-state index is 13.2. The lowest BCUT2D eigenvalue weighted by molar-refractivity contribution is -0.109. The fraction of sp³-hybridized carbons (Fsp3) is 0.417. The fourth-order valence-electron chi connectivity index (χ4n) is 1.32. The average molecular weight is 280 g/mol. The average Bonchev–Trinajstić information content (AvgIpc) is 2.36. The predicted molar refractivity (Wildman–Crippen MR) is 57.6 cm³/mol. The molecule has 1 unspecified atom stereocenters. The van der Waals surface area contributed by atoms with Gasteiger partial charge in [-0.3, -0.25) is 0 Å². The summed E-state index contributed by atoms with van der Waals surface area (Å²) in [5.41, 5.74) is 0. The third kappa shape index (κ3) is 3.66. The largest absolute Gasteiger partial charge is 0.485 e. The summed E-state index contributed by atoms with van der Waals surface area (Å²) in [7, 11) is 0. The second kappa shape index (κ2) is 6.51. The van der Waals surface area contributed by atoms with Crippen molar-refractivity contribution in [1.29, 1.82) is 0 Å². The molecule has 1 N–H and O–H groups in total. The van der Waals surface area contributed by atoms with Crippen molar-refractivity contribution >= 4 is 6.29 Å². The highest BCUT2D eigenvalue weighted by molar-refractivity contribution is 5.49. The lowest BCUT2D eigenvalue weighted by atomic mass is 10.0. The molecule has 0 heterocycles. The van der Waals surface area contributed by atoms with Crippen LogP contribution in [0.2, 0.25) is 0 Å². The van der Waals surface area contributed by atoms with Gasteiger partial charge in [0, 0.05) is 12.5 Å². The van der Waals surface area contributed by atoms with Crippen molar-refractivity contribution in [3.63, 3.8) is 0 Å². The first-order valence-corrected chi connectivity index (χ1v) is 5.46. The lowest BCUT2D eigenvalue weighted by Gasteiger charge is -2.17. The van der Waals surface area contributed by atoms with Gasteiger partial charge in [0.05, 0.1) is 6.10 Å². The first-order valence-electron chi connectivity index (χ1n) is 5.46. The topological polar surface area (TPSA) is 46.5 Å². The van der Waals surface area contributed by atoms with Crippen LogP contribution in [0.25, 0.3) is 0 Å². The van der Waals surface area contributed by atoms with Crippen LogP contribution in [0.5, 0.6) is 5.75 Å². The van der Waals surface area contributed by atoms with E-state index in [1.165, 1.54) is 6.92 Å². The Morgan fingerprint density at radius 2 is 1.79 bits per heavy atom. The van der Waals surface area contributed by atoms with Crippen LogP contribution in [0.1, 0.15) is 13.3 Å². The maximum atomic E-state index is 13.2. The van der Waals surface area contributed by atoms with Crippen LogP contribution in [0.3, 0.4) is 0 Å². The van der Waals surface area contributed by atoms with Crippen LogP contribution in [-0.2, 0) is 4.79 Å². The van der Waals surface area contributed by atoms with E-state index in [9.17, 15) is 27.5 Å². The first kappa shape index (κ1) is 15.4.